The molecule has 0 saturated heterocycles. The second-order valence-electron chi connectivity index (χ2n) is 8.30. The number of ether oxygens (including phenoxy) is 3. The minimum absolute atomic E-state index is 0.0470. The van der Waals surface area contributed by atoms with Gasteiger partial charge in [0.25, 0.3) is 5.91 Å². The van der Waals surface area contributed by atoms with Crippen molar-refractivity contribution in [2.24, 2.45) is 0 Å². The number of benzene rings is 2. The summed E-state index contributed by atoms with van der Waals surface area (Å²) in [6.45, 7) is 1.36. The van der Waals surface area contributed by atoms with Gasteiger partial charge in [-0.15, -0.1) is 0 Å². The number of nitrogens with zero attached hydrogens (tertiary/aromatic N) is 2. The van der Waals surface area contributed by atoms with Crippen molar-refractivity contribution in [3.05, 3.63) is 70.5 Å². The fourth-order valence-corrected chi connectivity index (χ4v) is 4.19. The van der Waals surface area contributed by atoms with Crippen LogP contribution in [0.15, 0.2) is 42.5 Å². The van der Waals surface area contributed by atoms with Gasteiger partial charge in [-0.1, -0.05) is 12.1 Å². The molecule has 9 heteroatoms. The monoisotopic (exact) mass is 478 g/mol. The van der Waals surface area contributed by atoms with Crippen molar-refractivity contribution in [2.45, 2.75) is 25.8 Å². The third kappa shape index (κ3) is 5.56. The first-order valence-electron chi connectivity index (χ1n) is 11.5. The van der Waals surface area contributed by atoms with Crippen LogP contribution in [0.2, 0.25) is 0 Å². The van der Waals surface area contributed by atoms with Crippen LogP contribution in [0.25, 0.3) is 0 Å². The number of nitrogens with one attached hydrogen (secondary N) is 2. The zero-order chi connectivity index (χ0) is 24.8. The molecule has 0 spiro atoms. The zero-order valence-corrected chi connectivity index (χ0v) is 20.2. The highest BCUT2D eigenvalue weighted by molar-refractivity contribution is 5.94. The van der Waals surface area contributed by atoms with Gasteiger partial charge in [0.2, 0.25) is 5.91 Å². The van der Waals surface area contributed by atoms with E-state index in [0.717, 1.165) is 28.1 Å². The summed E-state index contributed by atoms with van der Waals surface area (Å²) in [5.74, 6) is 1.80. The largest absolute Gasteiger partial charge is 0.497 e. The molecular formula is C26H30N4O5. The summed E-state index contributed by atoms with van der Waals surface area (Å²) < 4.78 is 15.9. The number of hydrogen-bond donors (Lipinski definition) is 2. The minimum Gasteiger partial charge on any atom is -0.497 e. The van der Waals surface area contributed by atoms with Crippen LogP contribution in [-0.2, 0) is 30.6 Å². The first kappa shape index (κ1) is 24.1. The number of carbonyl (C=O) groups is 2. The molecule has 2 aromatic carbocycles. The van der Waals surface area contributed by atoms with Crippen molar-refractivity contribution < 1.29 is 23.8 Å². The van der Waals surface area contributed by atoms with E-state index in [2.05, 4.69) is 15.5 Å². The number of methoxy groups -OCH3 is 3. The van der Waals surface area contributed by atoms with E-state index in [-0.39, 0.29) is 18.2 Å². The van der Waals surface area contributed by atoms with E-state index in [9.17, 15) is 9.59 Å². The summed E-state index contributed by atoms with van der Waals surface area (Å²) >= 11 is 0. The van der Waals surface area contributed by atoms with Crippen LogP contribution in [0.4, 0.5) is 0 Å². The van der Waals surface area contributed by atoms with Crippen LogP contribution in [0.1, 0.15) is 32.9 Å². The number of carbonyl (C=O) groups excluding carboxylic acids is 2. The van der Waals surface area contributed by atoms with Gasteiger partial charge < -0.3 is 24.4 Å². The molecule has 1 aliphatic rings. The molecule has 0 atom stereocenters. The molecule has 1 aliphatic heterocycles. The van der Waals surface area contributed by atoms with Crippen LogP contribution in [0.5, 0.6) is 17.2 Å². The molecule has 0 radical (unpaired) electrons. The Hall–Kier alpha value is -4.01. The Morgan fingerprint density at radius 1 is 1.03 bits per heavy atom. The molecule has 35 heavy (non-hydrogen) atoms. The van der Waals surface area contributed by atoms with Crippen molar-refractivity contribution in [2.75, 3.05) is 34.4 Å². The highest BCUT2D eigenvalue weighted by Crippen LogP contribution is 2.26. The maximum atomic E-state index is 13.1. The maximum Gasteiger partial charge on any atom is 0.272 e. The van der Waals surface area contributed by atoms with E-state index >= 15 is 0 Å². The van der Waals surface area contributed by atoms with Gasteiger partial charge in [0, 0.05) is 42.9 Å². The normalized spacial score (nSPS) is 12.6. The molecular weight excluding hydrogens is 448 g/mol. The van der Waals surface area contributed by atoms with Crippen LogP contribution < -0.4 is 19.5 Å². The fourth-order valence-electron chi connectivity index (χ4n) is 4.19. The van der Waals surface area contributed by atoms with Crippen LogP contribution in [-0.4, -0.2) is 61.3 Å². The van der Waals surface area contributed by atoms with Gasteiger partial charge >= 0.3 is 0 Å². The van der Waals surface area contributed by atoms with Crippen molar-refractivity contribution in [3.63, 3.8) is 0 Å². The van der Waals surface area contributed by atoms with Gasteiger partial charge in [0.05, 0.1) is 27.8 Å². The number of aromatic nitrogens is 2. The standard InChI is InChI=1S/C26H30N4O5/c1-33-19-6-4-17(5-7-19)10-12-27-26(32)25-21-16-30(13-11-22(21)28-29-25)24(31)15-18-14-20(34-2)8-9-23(18)35-3/h4-9,14H,10-13,15-16H2,1-3H3,(H,27,32)(H,28,29). The Morgan fingerprint density at radius 3 is 2.49 bits per heavy atom. The van der Waals surface area contributed by atoms with E-state index in [1.54, 1.807) is 38.4 Å². The van der Waals surface area contributed by atoms with Gasteiger partial charge in [-0.2, -0.15) is 5.10 Å². The van der Waals surface area contributed by atoms with Crippen LogP contribution in [0.3, 0.4) is 0 Å². The highest BCUT2D eigenvalue weighted by atomic mass is 16.5. The Labute approximate surface area is 204 Å². The lowest BCUT2D eigenvalue weighted by Crippen LogP contribution is -2.38. The molecule has 2 amide bonds. The lowest BCUT2D eigenvalue weighted by Gasteiger charge is -2.27. The number of amides is 2. The summed E-state index contributed by atoms with van der Waals surface area (Å²) in [6, 6.07) is 13.1. The second kappa shape index (κ2) is 10.9. The van der Waals surface area contributed by atoms with Gasteiger partial charge in [0.1, 0.15) is 17.2 Å². The molecule has 184 valence electrons. The van der Waals surface area contributed by atoms with Crippen molar-refractivity contribution in [3.8, 4) is 17.2 Å². The molecule has 0 fully saturated rings. The Bertz CT molecular complexity index is 1190. The molecule has 2 N–H and O–H groups in total. The van der Waals surface area contributed by atoms with Gasteiger partial charge in [-0.05, 0) is 42.3 Å². The lowest BCUT2D eigenvalue weighted by molar-refractivity contribution is -0.131. The average Bonchev–Trinajstić information content (AvgIpc) is 3.32. The van der Waals surface area contributed by atoms with E-state index in [0.29, 0.717) is 49.7 Å². The van der Waals surface area contributed by atoms with Gasteiger partial charge in [0.15, 0.2) is 5.69 Å². The topological polar surface area (TPSA) is 106 Å². The molecule has 0 bridgehead atoms. The average molecular weight is 479 g/mol. The van der Waals surface area contributed by atoms with Crippen molar-refractivity contribution >= 4 is 11.8 Å². The predicted octanol–water partition coefficient (Wildman–Crippen LogP) is 2.54. The van der Waals surface area contributed by atoms with Gasteiger partial charge in [-0.25, -0.2) is 0 Å². The molecule has 1 aromatic heterocycles. The SMILES string of the molecule is COc1ccc(CCNC(=O)c2n[nH]c3c2CN(C(=O)Cc2cc(OC)ccc2OC)CC3)cc1. The third-order valence-electron chi connectivity index (χ3n) is 6.19. The number of aromatic amines is 1. The summed E-state index contributed by atoms with van der Waals surface area (Å²) in [6.07, 6.45) is 1.48. The number of fused-ring (bicyclic) bond motifs is 1. The van der Waals surface area contributed by atoms with E-state index < -0.39 is 0 Å². The Morgan fingerprint density at radius 2 is 1.77 bits per heavy atom. The second-order valence-corrected chi connectivity index (χ2v) is 8.30. The van der Waals surface area contributed by atoms with Crippen molar-refractivity contribution in [1.29, 1.82) is 0 Å². The first-order valence-corrected chi connectivity index (χ1v) is 11.5. The summed E-state index contributed by atoms with van der Waals surface area (Å²) in [7, 11) is 4.79. The molecule has 3 aromatic rings. The molecule has 2 heterocycles. The fraction of sp³-hybridized carbons (Fsp3) is 0.346. The molecule has 0 unspecified atom stereocenters. The van der Waals surface area contributed by atoms with E-state index in [4.69, 9.17) is 14.2 Å². The maximum absolute atomic E-state index is 13.1. The minimum atomic E-state index is -0.250. The quantitative estimate of drug-likeness (QED) is 0.490. The smallest absolute Gasteiger partial charge is 0.272 e. The van der Waals surface area contributed by atoms with Crippen molar-refractivity contribution in [1.82, 2.24) is 20.4 Å². The summed E-state index contributed by atoms with van der Waals surface area (Å²) in [5.41, 5.74) is 3.86. The van der Waals surface area contributed by atoms with E-state index in [1.165, 1.54) is 0 Å². The Kier molecular flexibility index (Phi) is 7.54. The predicted molar refractivity (Wildman–Crippen MR) is 130 cm³/mol. The summed E-state index contributed by atoms with van der Waals surface area (Å²) in [5, 5.41) is 10.2. The highest BCUT2D eigenvalue weighted by Gasteiger charge is 2.28. The molecule has 4 rings (SSSR count). The van der Waals surface area contributed by atoms with Gasteiger partial charge in [-0.3, -0.25) is 14.7 Å². The number of H-pyrrole nitrogens is 1. The molecule has 0 saturated carbocycles. The lowest BCUT2D eigenvalue weighted by atomic mass is 10.0. The molecule has 9 nitrogen and oxygen atoms in total. The first-order chi connectivity index (χ1) is 17.0. The number of hydrogen-bond acceptors (Lipinski definition) is 6. The van der Waals surface area contributed by atoms with Crippen LogP contribution >= 0.6 is 0 Å². The zero-order valence-electron chi connectivity index (χ0n) is 20.2. The van der Waals surface area contributed by atoms with E-state index in [1.807, 2.05) is 30.3 Å². The Balaban J connectivity index is 1.38. The third-order valence-corrected chi connectivity index (χ3v) is 6.19. The summed E-state index contributed by atoms with van der Waals surface area (Å²) in [4.78, 5) is 27.7. The van der Waals surface area contributed by atoms with Crippen LogP contribution in [0, 0.1) is 0 Å². The number of rotatable bonds is 9. The molecule has 0 aliphatic carbocycles.